The van der Waals surface area contributed by atoms with E-state index in [1.807, 2.05) is 43.3 Å². The maximum Gasteiger partial charge on any atom is 0.412 e. The van der Waals surface area contributed by atoms with E-state index < -0.39 is 12.2 Å². The Morgan fingerprint density at radius 1 is 0.970 bits per heavy atom. The summed E-state index contributed by atoms with van der Waals surface area (Å²) in [6.45, 7) is 0.659. The van der Waals surface area contributed by atoms with Crippen molar-refractivity contribution in [3.63, 3.8) is 0 Å². The molecule has 2 aliphatic heterocycles. The number of thiocarbonyl (C=S) groups is 1. The van der Waals surface area contributed by atoms with Crippen molar-refractivity contribution in [2.75, 3.05) is 50.0 Å². The smallest absolute Gasteiger partial charge is 0.412 e. The number of carbonyl (C=O) groups excluding carboxylic acids is 1. The second-order valence-electron chi connectivity index (χ2n) is 8.04. The number of anilines is 3. The Bertz CT molecular complexity index is 970. The molecule has 0 aliphatic carbocycles. The van der Waals surface area contributed by atoms with Crippen LogP contribution in [0.15, 0.2) is 48.5 Å². The van der Waals surface area contributed by atoms with Crippen molar-refractivity contribution in [2.45, 2.75) is 24.4 Å². The average molecular weight is 473 g/mol. The van der Waals surface area contributed by atoms with E-state index in [-0.39, 0.29) is 24.9 Å². The fraction of sp³-hybridized carbons (Fsp3) is 0.391. The highest BCUT2D eigenvalue weighted by atomic mass is 32.1. The molecule has 2 aromatic carbocycles. The summed E-state index contributed by atoms with van der Waals surface area (Å²) in [6.07, 6.45) is -1.68. The minimum atomic E-state index is -0.562. The predicted molar refractivity (Wildman–Crippen MR) is 130 cm³/mol. The zero-order valence-electron chi connectivity index (χ0n) is 18.7. The Kier molecular flexibility index (Phi) is 7.17. The first-order chi connectivity index (χ1) is 15.9. The Morgan fingerprint density at radius 3 is 2.27 bits per heavy atom. The zero-order chi connectivity index (χ0) is 23.4. The van der Waals surface area contributed by atoms with Gasteiger partial charge in [0.2, 0.25) is 0 Å². The first kappa shape index (κ1) is 23.1. The number of methoxy groups -OCH3 is 1. The zero-order valence-corrected chi connectivity index (χ0v) is 19.6. The number of hydrogen-bond acceptors (Lipinski definition) is 7. The molecule has 0 unspecified atom stereocenters. The van der Waals surface area contributed by atoms with Gasteiger partial charge in [-0.25, -0.2) is 4.79 Å². The standard InChI is InChI=1S/C23H28N4O5S/c1-27(2)16-8-4-14(5-9-16)24-22(33)26-18-12-30-21-19(13-31-20(18)21)32-23(28)25-15-6-10-17(29-3)11-7-15/h4-11,18-21H,12-13H2,1-3H3,(H,25,28)(H2,24,26,33)/t18-,19-,20-,21+/m1/s1. The number of nitrogens with one attached hydrogen (secondary N) is 3. The van der Waals surface area contributed by atoms with E-state index in [4.69, 9.17) is 31.2 Å². The van der Waals surface area contributed by atoms with E-state index in [9.17, 15) is 4.79 Å². The summed E-state index contributed by atoms with van der Waals surface area (Å²) in [7, 11) is 5.57. The lowest BCUT2D eigenvalue weighted by atomic mass is 10.1. The molecule has 0 spiro atoms. The summed E-state index contributed by atoms with van der Waals surface area (Å²) >= 11 is 5.46. The van der Waals surface area contributed by atoms with Crippen molar-refractivity contribution >= 4 is 40.5 Å². The lowest BCUT2D eigenvalue weighted by molar-refractivity contribution is 0.00880. The number of ether oxygens (including phenoxy) is 4. The molecular weight excluding hydrogens is 444 g/mol. The Balaban J connectivity index is 1.26. The number of hydrogen-bond donors (Lipinski definition) is 3. The van der Waals surface area contributed by atoms with Gasteiger partial charge in [0.25, 0.3) is 0 Å². The average Bonchev–Trinajstić information content (AvgIpc) is 3.38. The molecule has 2 saturated heterocycles. The highest BCUT2D eigenvalue weighted by Crippen LogP contribution is 2.29. The molecule has 9 nitrogen and oxygen atoms in total. The normalized spacial score (nSPS) is 23.4. The van der Waals surface area contributed by atoms with Crippen LogP contribution in [0.4, 0.5) is 21.9 Å². The molecular formula is C23H28N4O5S. The molecule has 2 heterocycles. The summed E-state index contributed by atoms with van der Waals surface area (Å²) in [5, 5.41) is 9.62. The SMILES string of the molecule is COc1ccc(NC(=O)O[C@@H]2CO[C@H]3[C@H]2OC[C@H]3NC(=S)Nc2ccc(N(C)C)cc2)cc1. The topological polar surface area (TPSA) is 93.3 Å². The van der Waals surface area contributed by atoms with Crippen LogP contribution >= 0.6 is 12.2 Å². The molecule has 10 heteroatoms. The van der Waals surface area contributed by atoms with Crippen LogP contribution in [0, 0.1) is 0 Å². The monoisotopic (exact) mass is 472 g/mol. The van der Waals surface area contributed by atoms with E-state index >= 15 is 0 Å². The Labute approximate surface area is 198 Å². The van der Waals surface area contributed by atoms with Gasteiger partial charge in [-0.05, 0) is 60.7 Å². The molecule has 2 fully saturated rings. The van der Waals surface area contributed by atoms with Gasteiger partial charge in [0.15, 0.2) is 11.2 Å². The third-order valence-corrected chi connectivity index (χ3v) is 5.78. The van der Waals surface area contributed by atoms with Gasteiger partial charge in [-0.1, -0.05) is 0 Å². The predicted octanol–water partition coefficient (Wildman–Crippen LogP) is 2.83. The third-order valence-electron chi connectivity index (χ3n) is 5.56. The number of fused-ring (bicyclic) bond motifs is 1. The Hall–Kier alpha value is -3.08. The van der Waals surface area contributed by atoms with Crippen LogP contribution in [-0.4, -0.2) is 70.0 Å². The summed E-state index contributed by atoms with van der Waals surface area (Å²) in [5.74, 6) is 0.705. The van der Waals surface area contributed by atoms with Crippen LogP contribution in [0.25, 0.3) is 0 Å². The van der Waals surface area contributed by atoms with Crippen molar-refractivity contribution < 1.29 is 23.7 Å². The minimum Gasteiger partial charge on any atom is -0.497 e. The van der Waals surface area contributed by atoms with Gasteiger partial charge in [-0.2, -0.15) is 0 Å². The van der Waals surface area contributed by atoms with Gasteiger partial charge in [-0.3, -0.25) is 5.32 Å². The van der Waals surface area contributed by atoms with E-state index in [1.54, 1.807) is 31.4 Å². The van der Waals surface area contributed by atoms with Crippen LogP contribution < -0.4 is 25.6 Å². The molecule has 4 atom stereocenters. The number of rotatable bonds is 6. The second-order valence-corrected chi connectivity index (χ2v) is 8.45. The molecule has 33 heavy (non-hydrogen) atoms. The van der Waals surface area contributed by atoms with E-state index in [0.717, 1.165) is 11.4 Å². The number of carbonyl (C=O) groups is 1. The molecule has 0 saturated carbocycles. The van der Waals surface area contributed by atoms with Crippen molar-refractivity contribution in [3.8, 4) is 5.75 Å². The van der Waals surface area contributed by atoms with Gasteiger partial charge in [0.05, 0.1) is 26.4 Å². The Morgan fingerprint density at radius 2 is 1.61 bits per heavy atom. The highest BCUT2D eigenvalue weighted by molar-refractivity contribution is 7.80. The quantitative estimate of drug-likeness (QED) is 0.549. The molecule has 2 aromatic rings. The van der Waals surface area contributed by atoms with Crippen molar-refractivity contribution in [1.82, 2.24) is 5.32 Å². The maximum absolute atomic E-state index is 12.3. The van der Waals surface area contributed by atoms with Crippen LogP contribution in [-0.2, 0) is 14.2 Å². The van der Waals surface area contributed by atoms with Crippen LogP contribution in [0.5, 0.6) is 5.75 Å². The molecule has 2 aliphatic rings. The molecule has 0 bridgehead atoms. The fourth-order valence-corrected chi connectivity index (χ4v) is 4.10. The molecule has 1 amide bonds. The first-order valence-electron chi connectivity index (χ1n) is 10.6. The van der Waals surface area contributed by atoms with Crippen molar-refractivity contribution in [2.24, 2.45) is 0 Å². The van der Waals surface area contributed by atoms with Crippen LogP contribution in [0.1, 0.15) is 0 Å². The molecule has 0 radical (unpaired) electrons. The van der Waals surface area contributed by atoms with E-state index in [2.05, 4.69) is 16.0 Å². The van der Waals surface area contributed by atoms with Gasteiger partial charge < -0.3 is 34.5 Å². The summed E-state index contributed by atoms with van der Waals surface area (Å²) < 4.78 is 22.4. The number of amides is 1. The minimum absolute atomic E-state index is 0.144. The second kappa shape index (κ2) is 10.2. The third kappa shape index (κ3) is 5.65. The summed E-state index contributed by atoms with van der Waals surface area (Å²) in [6, 6.07) is 14.8. The van der Waals surface area contributed by atoms with Gasteiger partial charge in [0.1, 0.15) is 18.0 Å². The lowest BCUT2D eigenvalue weighted by Crippen LogP contribution is -2.46. The van der Waals surface area contributed by atoms with Crippen LogP contribution in [0.2, 0.25) is 0 Å². The van der Waals surface area contributed by atoms with Crippen molar-refractivity contribution in [1.29, 1.82) is 0 Å². The fourth-order valence-electron chi connectivity index (χ4n) is 3.83. The molecule has 3 N–H and O–H groups in total. The summed E-state index contributed by atoms with van der Waals surface area (Å²) in [4.78, 5) is 14.3. The molecule has 4 rings (SSSR count). The first-order valence-corrected chi connectivity index (χ1v) is 11.0. The van der Waals surface area contributed by atoms with E-state index in [1.165, 1.54) is 0 Å². The summed E-state index contributed by atoms with van der Waals surface area (Å²) in [5.41, 5.74) is 2.60. The maximum atomic E-state index is 12.3. The van der Waals surface area contributed by atoms with Gasteiger partial charge in [-0.15, -0.1) is 0 Å². The largest absolute Gasteiger partial charge is 0.497 e. The van der Waals surface area contributed by atoms with Gasteiger partial charge in [0, 0.05) is 31.2 Å². The van der Waals surface area contributed by atoms with Crippen LogP contribution in [0.3, 0.4) is 0 Å². The number of nitrogens with zero attached hydrogens (tertiary/aromatic N) is 1. The van der Waals surface area contributed by atoms with Gasteiger partial charge >= 0.3 is 6.09 Å². The lowest BCUT2D eigenvalue weighted by Gasteiger charge is -2.20. The number of benzene rings is 2. The molecule has 176 valence electrons. The van der Waals surface area contributed by atoms with Crippen molar-refractivity contribution in [3.05, 3.63) is 48.5 Å². The molecule has 0 aromatic heterocycles. The highest BCUT2D eigenvalue weighted by Gasteiger charge is 2.49. The van der Waals surface area contributed by atoms with E-state index in [0.29, 0.717) is 23.2 Å².